The zero-order chi connectivity index (χ0) is 17.9. The number of hydrogen-bond acceptors (Lipinski definition) is 5. The van der Waals surface area contributed by atoms with Crippen LogP contribution in [0.3, 0.4) is 0 Å². The lowest BCUT2D eigenvalue weighted by Crippen LogP contribution is -2.26. The zero-order valence-corrected chi connectivity index (χ0v) is 14.9. The van der Waals surface area contributed by atoms with Gasteiger partial charge in [0.2, 0.25) is 5.89 Å². The summed E-state index contributed by atoms with van der Waals surface area (Å²) in [5, 5.41) is 0. The molecule has 1 saturated heterocycles. The number of rotatable bonds is 5. The smallest absolute Gasteiger partial charge is 0.226 e. The summed E-state index contributed by atoms with van der Waals surface area (Å²) in [6.45, 7) is 4.68. The van der Waals surface area contributed by atoms with Crippen LogP contribution in [0.5, 0.6) is 11.5 Å². The van der Waals surface area contributed by atoms with Gasteiger partial charge in [0.25, 0.3) is 0 Å². The summed E-state index contributed by atoms with van der Waals surface area (Å²) in [5.74, 6) is 3.05. The molecule has 2 aromatic carbocycles. The molecule has 4 rings (SSSR count). The highest BCUT2D eigenvalue weighted by molar-refractivity contribution is 5.57. The Morgan fingerprint density at radius 1 is 1.15 bits per heavy atom. The number of likely N-dealkylation sites (tertiary alicyclic amines) is 1. The third kappa shape index (κ3) is 3.79. The van der Waals surface area contributed by atoms with E-state index in [1.165, 1.54) is 0 Å². The number of ether oxygens (including phenoxy) is 1. The van der Waals surface area contributed by atoms with Gasteiger partial charge in [-0.05, 0) is 43.7 Å². The van der Waals surface area contributed by atoms with Crippen molar-refractivity contribution >= 4 is 0 Å². The molecule has 3 aromatic rings. The molecule has 2 N–H and O–H groups in total. The Morgan fingerprint density at radius 2 is 1.96 bits per heavy atom. The first-order chi connectivity index (χ1) is 12.7. The molecule has 0 amide bonds. The third-order valence-electron chi connectivity index (χ3n) is 4.63. The van der Waals surface area contributed by atoms with Crippen molar-refractivity contribution in [3.05, 3.63) is 66.1 Å². The number of nitrogens with two attached hydrogens (primary N) is 1. The van der Waals surface area contributed by atoms with Crippen LogP contribution in [0, 0.1) is 6.92 Å². The van der Waals surface area contributed by atoms with Gasteiger partial charge in [-0.1, -0.05) is 24.3 Å². The minimum atomic E-state index is 0.272. The first kappa shape index (κ1) is 16.8. The first-order valence-electron chi connectivity index (χ1n) is 8.95. The molecular formula is C21H23N3O2. The summed E-state index contributed by atoms with van der Waals surface area (Å²) in [7, 11) is 0. The summed E-state index contributed by atoms with van der Waals surface area (Å²) < 4.78 is 11.8. The average Bonchev–Trinajstić information content (AvgIpc) is 3.22. The largest absolute Gasteiger partial charge is 0.457 e. The summed E-state index contributed by atoms with van der Waals surface area (Å²) in [6.07, 6.45) is 1.04. The van der Waals surface area contributed by atoms with E-state index in [4.69, 9.17) is 19.9 Å². The second kappa shape index (κ2) is 7.32. The topological polar surface area (TPSA) is 64.5 Å². The number of aromatic nitrogens is 1. The number of oxazole rings is 1. The standard InChI is InChI=1S/C21H23N3O2/c1-15-20(14-24-11-10-17(22)13-24)23-21(25-15)16-6-5-9-19(12-16)26-18-7-3-2-4-8-18/h2-9,12,17H,10-11,13-14,22H2,1H3/t17-/m1/s1. The van der Waals surface area contributed by atoms with E-state index in [0.29, 0.717) is 5.89 Å². The highest BCUT2D eigenvalue weighted by atomic mass is 16.5. The lowest BCUT2D eigenvalue weighted by molar-refractivity contribution is 0.321. The van der Waals surface area contributed by atoms with Crippen LogP contribution in [0.15, 0.2) is 59.0 Å². The van der Waals surface area contributed by atoms with Gasteiger partial charge in [-0.2, -0.15) is 0 Å². The maximum absolute atomic E-state index is 5.99. The predicted octanol–water partition coefficient (Wildman–Crippen LogP) is 3.98. The van der Waals surface area contributed by atoms with Gasteiger partial charge in [0.1, 0.15) is 17.3 Å². The van der Waals surface area contributed by atoms with Gasteiger partial charge >= 0.3 is 0 Å². The molecule has 1 aliphatic heterocycles. The van der Waals surface area contributed by atoms with Crippen LogP contribution in [-0.4, -0.2) is 29.0 Å². The molecule has 134 valence electrons. The van der Waals surface area contributed by atoms with Crippen LogP contribution >= 0.6 is 0 Å². The third-order valence-corrected chi connectivity index (χ3v) is 4.63. The van der Waals surface area contributed by atoms with E-state index in [1.54, 1.807) is 0 Å². The van der Waals surface area contributed by atoms with Crippen molar-refractivity contribution in [2.24, 2.45) is 5.73 Å². The summed E-state index contributed by atoms with van der Waals surface area (Å²) >= 11 is 0. The highest BCUT2D eigenvalue weighted by Crippen LogP contribution is 2.28. The molecule has 0 aliphatic carbocycles. The van der Waals surface area contributed by atoms with Crippen molar-refractivity contribution in [1.29, 1.82) is 0 Å². The van der Waals surface area contributed by atoms with E-state index in [1.807, 2.05) is 61.5 Å². The lowest BCUT2D eigenvalue weighted by Gasteiger charge is -2.12. The molecule has 5 nitrogen and oxygen atoms in total. The van der Waals surface area contributed by atoms with Crippen LogP contribution in [0.25, 0.3) is 11.5 Å². The fraction of sp³-hybridized carbons (Fsp3) is 0.286. The number of benzene rings is 2. The van der Waals surface area contributed by atoms with E-state index in [2.05, 4.69) is 4.90 Å². The molecule has 1 atom stereocenters. The number of aryl methyl sites for hydroxylation is 1. The predicted molar refractivity (Wildman–Crippen MR) is 101 cm³/mol. The minimum absolute atomic E-state index is 0.272. The highest BCUT2D eigenvalue weighted by Gasteiger charge is 2.22. The molecule has 1 aliphatic rings. The molecule has 0 radical (unpaired) electrons. The van der Waals surface area contributed by atoms with Gasteiger partial charge in [-0.3, -0.25) is 4.90 Å². The van der Waals surface area contributed by atoms with Gasteiger partial charge in [0, 0.05) is 31.2 Å². The molecule has 1 fully saturated rings. The van der Waals surface area contributed by atoms with Crippen LogP contribution in [0.4, 0.5) is 0 Å². The van der Waals surface area contributed by atoms with Crippen LogP contribution in [0.1, 0.15) is 17.9 Å². The van der Waals surface area contributed by atoms with Crippen molar-refractivity contribution in [2.45, 2.75) is 25.9 Å². The quantitative estimate of drug-likeness (QED) is 0.755. The Labute approximate surface area is 153 Å². The number of nitrogens with zero attached hydrogens (tertiary/aromatic N) is 2. The Balaban J connectivity index is 1.52. The van der Waals surface area contributed by atoms with E-state index < -0.39 is 0 Å². The maximum atomic E-state index is 5.99. The summed E-state index contributed by atoms with van der Waals surface area (Å²) in [6, 6.07) is 17.8. The molecule has 2 heterocycles. The lowest BCUT2D eigenvalue weighted by atomic mass is 10.2. The minimum Gasteiger partial charge on any atom is -0.457 e. The second-order valence-electron chi connectivity index (χ2n) is 6.75. The molecule has 26 heavy (non-hydrogen) atoms. The Hall–Kier alpha value is -2.63. The fourth-order valence-electron chi connectivity index (χ4n) is 3.23. The van der Waals surface area contributed by atoms with Gasteiger partial charge in [0.05, 0.1) is 5.69 Å². The van der Waals surface area contributed by atoms with Crippen molar-refractivity contribution in [2.75, 3.05) is 13.1 Å². The molecule has 0 saturated carbocycles. The van der Waals surface area contributed by atoms with E-state index in [9.17, 15) is 0 Å². The first-order valence-corrected chi connectivity index (χ1v) is 8.95. The van der Waals surface area contributed by atoms with Gasteiger partial charge in [0.15, 0.2) is 0 Å². The van der Waals surface area contributed by atoms with Crippen molar-refractivity contribution in [3.8, 4) is 23.0 Å². The van der Waals surface area contributed by atoms with E-state index in [0.717, 1.165) is 54.6 Å². The monoisotopic (exact) mass is 349 g/mol. The van der Waals surface area contributed by atoms with Gasteiger partial charge in [-0.25, -0.2) is 4.98 Å². The van der Waals surface area contributed by atoms with Crippen molar-refractivity contribution in [3.63, 3.8) is 0 Å². The fourth-order valence-corrected chi connectivity index (χ4v) is 3.23. The van der Waals surface area contributed by atoms with Gasteiger partial charge < -0.3 is 14.9 Å². The second-order valence-corrected chi connectivity index (χ2v) is 6.75. The normalized spacial score (nSPS) is 17.5. The number of hydrogen-bond donors (Lipinski definition) is 1. The van der Waals surface area contributed by atoms with Crippen molar-refractivity contribution in [1.82, 2.24) is 9.88 Å². The summed E-state index contributed by atoms with van der Waals surface area (Å²) in [5.41, 5.74) is 7.88. The molecule has 0 unspecified atom stereocenters. The molecule has 0 spiro atoms. The molecular weight excluding hydrogens is 326 g/mol. The van der Waals surface area contributed by atoms with E-state index >= 15 is 0 Å². The van der Waals surface area contributed by atoms with Gasteiger partial charge in [-0.15, -0.1) is 0 Å². The Morgan fingerprint density at radius 3 is 2.73 bits per heavy atom. The van der Waals surface area contributed by atoms with Crippen LogP contribution in [-0.2, 0) is 6.54 Å². The SMILES string of the molecule is Cc1oc(-c2cccc(Oc3ccccc3)c2)nc1CN1CC[C@@H](N)C1. The van der Waals surface area contributed by atoms with E-state index in [-0.39, 0.29) is 6.04 Å². The summed E-state index contributed by atoms with van der Waals surface area (Å²) in [4.78, 5) is 7.04. The Bertz CT molecular complexity index is 876. The zero-order valence-electron chi connectivity index (χ0n) is 14.9. The molecule has 0 bridgehead atoms. The number of para-hydroxylation sites is 1. The van der Waals surface area contributed by atoms with Crippen molar-refractivity contribution < 1.29 is 9.15 Å². The Kier molecular flexibility index (Phi) is 4.73. The molecule has 5 heteroatoms. The van der Waals surface area contributed by atoms with Crippen LogP contribution in [0.2, 0.25) is 0 Å². The average molecular weight is 349 g/mol. The van der Waals surface area contributed by atoms with Crippen LogP contribution < -0.4 is 10.5 Å². The molecule has 1 aromatic heterocycles. The maximum Gasteiger partial charge on any atom is 0.226 e.